The van der Waals surface area contributed by atoms with Crippen LogP contribution >= 0.6 is 0 Å². The van der Waals surface area contributed by atoms with E-state index in [2.05, 4.69) is 5.16 Å². The van der Waals surface area contributed by atoms with Crippen LogP contribution in [-0.4, -0.2) is 5.16 Å². The average Bonchev–Trinajstić information content (AvgIpc) is 2.57. The Morgan fingerprint density at radius 2 is 1.67 bits per heavy atom. The SMILES string of the molecule is CC(C)(C)c1onc(N)c1-c1cc(F)cc(F)c1. The third-order valence-corrected chi connectivity index (χ3v) is 2.55. The van der Waals surface area contributed by atoms with Crippen molar-refractivity contribution in [1.29, 1.82) is 0 Å². The third-order valence-electron chi connectivity index (χ3n) is 2.55. The van der Waals surface area contributed by atoms with Crippen LogP contribution in [0.2, 0.25) is 0 Å². The molecule has 0 amide bonds. The lowest BCUT2D eigenvalue weighted by atomic mass is 9.88. The summed E-state index contributed by atoms with van der Waals surface area (Å²) in [6.07, 6.45) is 0. The lowest BCUT2D eigenvalue weighted by molar-refractivity contribution is 0.332. The third kappa shape index (κ3) is 2.20. The van der Waals surface area contributed by atoms with Crippen molar-refractivity contribution in [1.82, 2.24) is 5.16 Å². The maximum absolute atomic E-state index is 13.2. The summed E-state index contributed by atoms with van der Waals surface area (Å²) < 4.78 is 31.7. The summed E-state index contributed by atoms with van der Waals surface area (Å²) >= 11 is 0. The Kier molecular flexibility index (Phi) is 2.84. The molecule has 0 unspecified atom stereocenters. The van der Waals surface area contributed by atoms with E-state index in [0.717, 1.165) is 6.07 Å². The first-order chi connectivity index (χ1) is 8.29. The highest BCUT2D eigenvalue weighted by atomic mass is 19.1. The monoisotopic (exact) mass is 252 g/mol. The molecule has 1 heterocycles. The van der Waals surface area contributed by atoms with Crippen LogP contribution in [0.15, 0.2) is 22.7 Å². The van der Waals surface area contributed by atoms with Crippen LogP contribution in [-0.2, 0) is 5.41 Å². The molecule has 3 nitrogen and oxygen atoms in total. The van der Waals surface area contributed by atoms with Crippen LogP contribution in [0.4, 0.5) is 14.6 Å². The Morgan fingerprint density at radius 3 is 2.17 bits per heavy atom. The van der Waals surface area contributed by atoms with Crippen molar-refractivity contribution >= 4 is 5.82 Å². The molecule has 0 radical (unpaired) electrons. The maximum atomic E-state index is 13.2. The van der Waals surface area contributed by atoms with Crippen molar-refractivity contribution in [2.45, 2.75) is 26.2 Å². The van der Waals surface area contributed by atoms with E-state index in [0.29, 0.717) is 16.9 Å². The summed E-state index contributed by atoms with van der Waals surface area (Å²) in [4.78, 5) is 0. The molecular formula is C13H14F2N2O. The Labute approximate surface area is 104 Å². The number of nitrogen functional groups attached to an aromatic ring is 1. The number of halogens is 2. The highest BCUT2D eigenvalue weighted by molar-refractivity contribution is 5.76. The molecule has 0 bridgehead atoms. The molecule has 2 N–H and O–H groups in total. The first-order valence-corrected chi connectivity index (χ1v) is 5.51. The highest BCUT2D eigenvalue weighted by Gasteiger charge is 2.27. The van der Waals surface area contributed by atoms with Crippen LogP contribution < -0.4 is 5.73 Å². The highest BCUT2D eigenvalue weighted by Crippen LogP contribution is 2.37. The molecule has 18 heavy (non-hydrogen) atoms. The van der Waals surface area contributed by atoms with Gasteiger partial charge in [0.15, 0.2) is 11.6 Å². The van der Waals surface area contributed by atoms with Crippen LogP contribution in [0.25, 0.3) is 11.1 Å². The minimum Gasteiger partial charge on any atom is -0.380 e. The fraction of sp³-hybridized carbons (Fsp3) is 0.308. The fourth-order valence-electron chi connectivity index (χ4n) is 1.79. The zero-order valence-corrected chi connectivity index (χ0v) is 10.4. The molecule has 0 atom stereocenters. The molecule has 1 aromatic carbocycles. The number of nitrogens with zero attached hydrogens (tertiary/aromatic N) is 1. The van der Waals surface area contributed by atoms with E-state index in [4.69, 9.17) is 10.3 Å². The Bertz CT molecular complexity index is 565. The molecule has 2 aromatic rings. The van der Waals surface area contributed by atoms with E-state index in [1.165, 1.54) is 12.1 Å². The molecular weight excluding hydrogens is 238 g/mol. The second-order valence-corrected chi connectivity index (χ2v) is 5.18. The van der Waals surface area contributed by atoms with Gasteiger partial charge in [0.2, 0.25) is 0 Å². The van der Waals surface area contributed by atoms with Crippen molar-refractivity contribution in [3.05, 3.63) is 35.6 Å². The van der Waals surface area contributed by atoms with Crippen LogP contribution in [0.3, 0.4) is 0 Å². The standard InChI is InChI=1S/C13H14F2N2O/c1-13(2,3)11-10(12(16)17-18-11)7-4-8(14)6-9(15)5-7/h4-6H,1-3H3,(H2,16,17). The number of nitrogens with two attached hydrogens (primary N) is 1. The van der Waals surface area contributed by atoms with Crippen molar-refractivity contribution in [3.63, 3.8) is 0 Å². The van der Waals surface area contributed by atoms with E-state index in [9.17, 15) is 8.78 Å². The summed E-state index contributed by atoms with van der Waals surface area (Å²) in [6, 6.07) is 3.23. The predicted molar refractivity (Wildman–Crippen MR) is 65.0 cm³/mol. The number of anilines is 1. The summed E-state index contributed by atoms with van der Waals surface area (Å²) in [5, 5.41) is 3.68. The van der Waals surface area contributed by atoms with E-state index in [1.54, 1.807) is 0 Å². The average molecular weight is 252 g/mol. The lowest BCUT2D eigenvalue weighted by Crippen LogP contribution is -2.11. The number of aromatic nitrogens is 1. The van der Waals surface area contributed by atoms with Gasteiger partial charge >= 0.3 is 0 Å². The topological polar surface area (TPSA) is 52.0 Å². The molecule has 0 aliphatic rings. The molecule has 0 saturated heterocycles. The van der Waals surface area contributed by atoms with E-state index in [1.807, 2.05) is 20.8 Å². The summed E-state index contributed by atoms with van der Waals surface area (Å²) in [6.45, 7) is 5.73. The minimum atomic E-state index is -0.662. The Morgan fingerprint density at radius 1 is 1.11 bits per heavy atom. The Balaban J connectivity index is 2.67. The van der Waals surface area contributed by atoms with Gasteiger partial charge in [-0.3, -0.25) is 0 Å². The van der Waals surface area contributed by atoms with Crippen LogP contribution in [0, 0.1) is 11.6 Å². The van der Waals surface area contributed by atoms with Gasteiger partial charge < -0.3 is 10.3 Å². The molecule has 0 saturated carbocycles. The van der Waals surface area contributed by atoms with E-state index in [-0.39, 0.29) is 11.2 Å². The van der Waals surface area contributed by atoms with Gasteiger partial charge in [-0.05, 0) is 17.7 Å². The predicted octanol–water partition coefficient (Wildman–Crippen LogP) is 3.50. The van der Waals surface area contributed by atoms with Crippen LogP contribution in [0.5, 0.6) is 0 Å². The van der Waals surface area contributed by atoms with Gasteiger partial charge in [-0.15, -0.1) is 0 Å². The fourth-order valence-corrected chi connectivity index (χ4v) is 1.79. The number of rotatable bonds is 1. The van der Waals surface area contributed by atoms with E-state index >= 15 is 0 Å². The number of benzene rings is 1. The summed E-state index contributed by atoms with van der Waals surface area (Å²) in [5.41, 5.74) is 6.14. The molecule has 0 aliphatic carbocycles. The van der Waals surface area contributed by atoms with Gasteiger partial charge in [-0.2, -0.15) is 0 Å². The second kappa shape index (κ2) is 4.08. The normalized spacial score (nSPS) is 11.8. The second-order valence-electron chi connectivity index (χ2n) is 5.18. The van der Waals surface area contributed by atoms with Crippen LogP contribution in [0.1, 0.15) is 26.5 Å². The maximum Gasteiger partial charge on any atom is 0.175 e. The molecule has 0 fully saturated rings. The summed E-state index contributed by atoms with van der Waals surface area (Å²) in [7, 11) is 0. The minimum absolute atomic E-state index is 0.130. The van der Waals surface area contributed by atoms with Crippen molar-refractivity contribution in [3.8, 4) is 11.1 Å². The van der Waals surface area contributed by atoms with Gasteiger partial charge in [0.05, 0.1) is 5.56 Å². The van der Waals surface area contributed by atoms with Crippen molar-refractivity contribution < 1.29 is 13.3 Å². The first kappa shape index (κ1) is 12.5. The summed E-state index contributed by atoms with van der Waals surface area (Å²) in [5.74, 6) is -0.689. The van der Waals surface area contributed by atoms with Gasteiger partial charge in [-0.25, -0.2) is 8.78 Å². The number of hydrogen-bond donors (Lipinski definition) is 1. The zero-order valence-electron chi connectivity index (χ0n) is 10.4. The van der Waals surface area contributed by atoms with E-state index < -0.39 is 11.6 Å². The van der Waals surface area contributed by atoms with Gasteiger partial charge in [0.1, 0.15) is 11.6 Å². The molecule has 0 aliphatic heterocycles. The molecule has 2 rings (SSSR count). The molecule has 0 spiro atoms. The molecule has 96 valence electrons. The number of hydrogen-bond acceptors (Lipinski definition) is 3. The van der Waals surface area contributed by atoms with Crippen molar-refractivity contribution in [2.75, 3.05) is 5.73 Å². The van der Waals surface area contributed by atoms with Crippen molar-refractivity contribution in [2.24, 2.45) is 0 Å². The zero-order chi connectivity index (χ0) is 13.5. The largest absolute Gasteiger partial charge is 0.380 e. The van der Waals surface area contributed by atoms with Gasteiger partial charge in [0, 0.05) is 11.5 Å². The van der Waals surface area contributed by atoms with Gasteiger partial charge in [0.25, 0.3) is 0 Å². The quantitative estimate of drug-likeness (QED) is 0.845. The van der Waals surface area contributed by atoms with Gasteiger partial charge in [-0.1, -0.05) is 25.9 Å². The molecule has 1 aromatic heterocycles. The molecule has 5 heteroatoms. The smallest absolute Gasteiger partial charge is 0.175 e. The lowest BCUT2D eigenvalue weighted by Gasteiger charge is -2.16. The Hall–Kier alpha value is -1.91. The first-order valence-electron chi connectivity index (χ1n) is 5.51.